The number of pyridine rings is 1. The Morgan fingerprint density at radius 2 is 1.86 bits per heavy atom. The molecule has 1 atom stereocenters. The van der Waals surface area contributed by atoms with E-state index in [1.54, 1.807) is 13.8 Å². The summed E-state index contributed by atoms with van der Waals surface area (Å²) in [5, 5.41) is 2.67. The van der Waals surface area contributed by atoms with Gasteiger partial charge in [0.05, 0.1) is 22.2 Å². The van der Waals surface area contributed by atoms with Crippen LogP contribution in [0.5, 0.6) is 0 Å². The van der Waals surface area contributed by atoms with Crippen molar-refractivity contribution in [2.75, 3.05) is 13.2 Å². The molecule has 1 aliphatic rings. The highest BCUT2D eigenvalue weighted by molar-refractivity contribution is 6.36. The van der Waals surface area contributed by atoms with E-state index in [-0.39, 0.29) is 39.8 Å². The first-order valence-corrected chi connectivity index (χ1v) is 7.56. The molecule has 0 bridgehead atoms. The smallest absolute Gasteiger partial charge is 0.416 e. The van der Waals surface area contributed by atoms with Gasteiger partial charge in [-0.15, -0.1) is 0 Å². The quantitative estimate of drug-likeness (QED) is 0.858. The second-order valence-corrected chi connectivity index (χ2v) is 5.30. The summed E-state index contributed by atoms with van der Waals surface area (Å²) in [6.45, 7) is 3.97. The van der Waals surface area contributed by atoms with Crippen LogP contribution in [0.15, 0.2) is 23.4 Å². The van der Waals surface area contributed by atoms with Crippen molar-refractivity contribution in [2.45, 2.75) is 19.6 Å². The van der Waals surface area contributed by atoms with Gasteiger partial charge in [-0.1, -0.05) is 23.2 Å². The zero-order chi connectivity index (χ0) is 16.3. The minimum absolute atomic E-state index is 0.0631. The number of hydrogen-bond acceptors (Lipinski definition) is 5. The highest BCUT2D eigenvalue weighted by Gasteiger charge is 2.50. The highest BCUT2D eigenvalue weighted by Crippen LogP contribution is 2.43. The molecule has 0 spiro atoms. The monoisotopic (exact) mass is 366 g/mol. The first-order valence-electron chi connectivity index (χ1n) is 6.42. The van der Waals surface area contributed by atoms with E-state index in [0.29, 0.717) is 0 Å². The fraction of sp³-hybridized carbons (Fsp3) is 0.385. The molecule has 0 fully saturated rings. The van der Waals surface area contributed by atoms with Gasteiger partial charge in [0.1, 0.15) is 0 Å². The molecule has 9 heteroatoms. The average molecular weight is 368 g/mol. The lowest BCUT2D eigenvalue weighted by Gasteiger charge is -2.38. The van der Waals surface area contributed by atoms with Crippen LogP contribution in [0.4, 0.5) is 4.79 Å². The predicted octanol–water partition coefficient (Wildman–Crippen LogP) is 3.76. The minimum Gasteiger partial charge on any atom is -0.489 e. The van der Waals surface area contributed by atoms with Crippen molar-refractivity contribution < 1.29 is 19.0 Å². The third kappa shape index (κ3) is 2.96. The molecule has 1 aromatic heterocycles. The lowest BCUT2D eigenvalue weighted by Crippen LogP contribution is -2.53. The molecule has 1 aromatic rings. The maximum Gasteiger partial charge on any atom is 0.416 e. The van der Waals surface area contributed by atoms with Gasteiger partial charge in [-0.05, 0) is 25.4 Å². The number of carbonyl (C=O) groups is 1. The molecule has 6 nitrogen and oxygen atoms in total. The molecule has 0 radical (unpaired) electrons. The van der Waals surface area contributed by atoms with Gasteiger partial charge in [-0.25, -0.2) is 4.79 Å². The number of aromatic nitrogens is 1. The second-order valence-electron chi connectivity index (χ2n) is 4.14. The second kappa shape index (κ2) is 6.91. The molecule has 1 unspecified atom stereocenters. The number of ether oxygens (including phenoxy) is 3. The maximum atomic E-state index is 11.8. The molecule has 120 valence electrons. The lowest BCUT2D eigenvalue weighted by atomic mass is 10.0. The first kappa shape index (κ1) is 17.1. The van der Waals surface area contributed by atoms with Crippen LogP contribution in [0, 0.1) is 0 Å². The van der Waals surface area contributed by atoms with Crippen molar-refractivity contribution >= 4 is 40.9 Å². The number of hydrogen-bond donors (Lipinski definition) is 1. The van der Waals surface area contributed by atoms with E-state index in [0.717, 1.165) is 0 Å². The van der Waals surface area contributed by atoms with Crippen molar-refractivity contribution in [3.63, 3.8) is 0 Å². The van der Waals surface area contributed by atoms with Crippen molar-refractivity contribution in [3.8, 4) is 0 Å². The fourth-order valence-electron chi connectivity index (χ4n) is 2.11. The molecule has 0 aliphatic carbocycles. The van der Waals surface area contributed by atoms with Crippen molar-refractivity contribution in [1.82, 2.24) is 10.3 Å². The Bertz CT molecular complexity index is 603. The Morgan fingerprint density at radius 1 is 1.23 bits per heavy atom. The number of rotatable bonds is 5. The van der Waals surface area contributed by atoms with Crippen LogP contribution in [-0.4, -0.2) is 24.3 Å². The fourth-order valence-corrected chi connectivity index (χ4v) is 3.00. The largest absolute Gasteiger partial charge is 0.489 e. The summed E-state index contributed by atoms with van der Waals surface area (Å²) in [5.41, 5.74) is -1.32. The van der Waals surface area contributed by atoms with Crippen LogP contribution in [0.2, 0.25) is 10.0 Å². The third-order valence-corrected chi connectivity index (χ3v) is 3.64. The topological polar surface area (TPSA) is 69.7 Å². The van der Waals surface area contributed by atoms with E-state index in [4.69, 9.17) is 49.0 Å². The SMILES string of the molecule is CCOC1=C(Cl)OC(=O)NC1(OCC)c1c(Cl)cncc1Cl. The Morgan fingerprint density at radius 3 is 2.41 bits per heavy atom. The van der Waals surface area contributed by atoms with E-state index in [2.05, 4.69) is 10.3 Å². The summed E-state index contributed by atoms with van der Waals surface area (Å²) < 4.78 is 16.1. The van der Waals surface area contributed by atoms with Crippen LogP contribution >= 0.6 is 34.8 Å². The van der Waals surface area contributed by atoms with Crippen molar-refractivity contribution in [3.05, 3.63) is 39.0 Å². The van der Waals surface area contributed by atoms with Gasteiger partial charge in [-0.2, -0.15) is 0 Å². The molecule has 0 saturated carbocycles. The number of amides is 1. The molecule has 22 heavy (non-hydrogen) atoms. The number of nitrogens with one attached hydrogen (secondary N) is 1. The van der Waals surface area contributed by atoms with E-state index >= 15 is 0 Å². The summed E-state index contributed by atoms with van der Waals surface area (Å²) in [7, 11) is 0. The molecule has 0 saturated heterocycles. The van der Waals surface area contributed by atoms with Gasteiger partial charge in [0.15, 0.2) is 0 Å². The highest BCUT2D eigenvalue weighted by atomic mass is 35.5. The molecule has 0 aromatic carbocycles. The van der Waals surface area contributed by atoms with Gasteiger partial charge in [0.2, 0.25) is 16.7 Å². The van der Waals surface area contributed by atoms with Crippen molar-refractivity contribution in [2.24, 2.45) is 0 Å². The number of halogens is 3. The molecule has 1 amide bonds. The van der Waals surface area contributed by atoms with E-state index in [1.165, 1.54) is 12.4 Å². The van der Waals surface area contributed by atoms with Gasteiger partial charge in [0.25, 0.3) is 0 Å². The summed E-state index contributed by atoms with van der Waals surface area (Å²) >= 11 is 18.4. The van der Waals surface area contributed by atoms with E-state index < -0.39 is 11.8 Å². The standard InChI is InChI=1S/C13H13Cl3N2O4/c1-3-20-10-11(16)22-12(19)18-13(10,21-4-2)9-7(14)5-17-6-8(9)15/h5-6H,3-4H2,1-2H3,(H,18,19). The molecular formula is C13H13Cl3N2O4. The number of alkyl carbamates (subject to hydrolysis) is 1. The van der Waals surface area contributed by atoms with Gasteiger partial charge in [-0.3, -0.25) is 10.3 Å². The first-order chi connectivity index (χ1) is 10.5. The maximum absolute atomic E-state index is 11.8. The zero-order valence-corrected chi connectivity index (χ0v) is 14.1. The van der Waals surface area contributed by atoms with Crippen molar-refractivity contribution in [1.29, 1.82) is 0 Å². The lowest BCUT2D eigenvalue weighted by molar-refractivity contribution is -0.0866. The van der Waals surface area contributed by atoms with Gasteiger partial charge in [0, 0.05) is 19.0 Å². The number of nitrogens with zero attached hydrogens (tertiary/aromatic N) is 1. The van der Waals surface area contributed by atoms with Crippen LogP contribution < -0.4 is 5.32 Å². The van der Waals surface area contributed by atoms with E-state index in [9.17, 15) is 4.79 Å². The Hall–Kier alpha value is -1.21. The Kier molecular flexibility index (Phi) is 5.39. The molecule has 1 aliphatic heterocycles. The molecule has 2 heterocycles. The third-order valence-electron chi connectivity index (χ3n) is 2.81. The van der Waals surface area contributed by atoms with Gasteiger partial charge < -0.3 is 14.2 Å². The van der Waals surface area contributed by atoms with Crippen LogP contribution in [-0.2, 0) is 19.9 Å². The molecule has 2 rings (SSSR count). The van der Waals surface area contributed by atoms with Crippen LogP contribution in [0.1, 0.15) is 19.4 Å². The van der Waals surface area contributed by atoms with Crippen LogP contribution in [0.25, 0.3) is 0 Å². The molecule has 1 N–H and O–H groups in total. The minimum atomic E-state index is -1.59. The normalized spacial score (nSPS) is 21.4. The Balaban J connectivity index is 2.74. The average Bonchev–Trinajstić information content (AvgIpc) is 2.43. The summed E-state index contributed by atoms with van der Waals surface area (Å²) in [4.78, 5) is 15.7. The Labute approximate surface area is 142 Å². The predicted molar refractivity (Wildman–Crippen MR) is 81.7 cm³/mol. The summed E-state index contributed by atoms with van der Waals surface area (Å²) in [5.74, 6) is 0.0631. The molecular weight excluding hydrogens is 355 g/mol. The zero-order valence-electron chi connectivity index (χ0n) is 11.8. The summed E-state index contributed by atoms with van der Waals surface area (Å²) in [6, 6.07) is 0. The number of cyclic esters (lactones) is 1. The summed E-state index contributed by atoms with van der Waals surface area (Å²) in [6.07, 6.45) is 1.94. The van der Waals surface area contributed by atoms with Crippen LogP contribution in [0.3, 0.4) is 0 Å². The van der Waals surface area contributed by atoms with E-state index in [1.807, 2.05) is 0 Å². The number of carbonyl (C=O) groups excluding carboxylic acids is 1. The van der Waals surface area contributed by atoms with Gasteiger partial charge >= 0.3 is 6.09 Å².